The summed E-state index contributed by atoms with van der Waals surface area (Å²) < 4.78 is 22.8. The minimum Gasteiger partial charge on any atom is -0.458 e. The Morgan fingerprint density at radius 1 is 0.974 bits per heavy atom. The van der Waals surface area contributed by atoms with Gasteiger partial charge in [0.05, 0.1) is 12.7 Å². The van der Waals surface area contributed by atoms with Crippen LogP contribution in [0.4, 0.5) is 4.79 Å². The normalized spacial score (nSPS) is 15.5. The van der Waals surface area contributed by atoms with E-state index in [9.17, 15) is 19.5 Å². The molecule has 0 aliphatic heterocycles. The predicted molar refractivity (Wildman–Crippen MR) is 149 cm³/mol. The fourth-order valence-corrected chi connectivity index (χ4v) is 3.96. The number of aliphatic hydroxyl groups is 1. The molecule has 0 spiro atoms. The average Bonchev–Trinajstić information content (AvgIpc) is 2.84. The largest absolute Gasteiger partial charge is 0.458 e. The van der Waals surface area contributed by atoms with Crippen molar-refractivity contribution < 1.29 is 38.4 Å². The number of esters is 2. The Bertz CT molecular complexity index is 867. The molecule has 1 aromatic carbocycles. The number of hydrogen-bond donors (Lipinski definition) is 2. The summed E-state index contributed by atoms with van der Waals surface area (Å²) in [6.07, 6.45) is -0.767. The van der Waals surface area contributed by atoms with E-state index >= 15 is 0 Å². The highest BCUT2D eigenvalue weighted by Crippen LogP contribution is 2.23. The van der Waals surface area contributed by atoms with E-state index in [2.05, 4.69) is 5.32 Å². The van der Waals surface area contributed by atoms with Gasteiger partial charge in [0, 0.05) is 18.9 Å². The van der Waals surface area contributed by atoms with Gasteiger partial charge in [-0.25, -0.2) is 9.59 Å². The second-order valence-corrected chi connectivity index (χ2v) is 11.4. The highest BCUT2D eigenvalue weighted by Gasteiger charge is 2.37. The smallest absolute Gasteiger partial charge is 0.408 e. The molecule has 0 heterocycles. The Morgan fingerprint density at radius 2 is 1.62 bits per heavy atom. The first kappa shape index (κ1) is 34.4. The number of carbonyl (C=O) groups is 3. The number of aliphatic hydroxyl groups excluding tert-OH is 1. The predicted octanol–water partition coefficient (Wildman–Crippen LogP) is 5.17. The maximum atomic E-state index is 13.4. The number of rotatable bonds is 16. The second-order valence-electron chi connectivity index (χ2n) is 11.4. The quantitative estimate of drug-likeness (QED) is 0.213. The van der Waals surface area contributed by atoms with Gasteiger partial charge < -0.3 is 29.4 Å². The first-order valence-electron chi connectivity index (χ1n) is 13.9. The minimum absolute atomic E-state index is 0.0873. The molecule has 1 aromatic rings. The van der Waals surface area contributed by atoms with Crippen LogP contribution in [0.25, 0.3) is 0 Å². The van der Waals surface area contributed by atoms with Gasteiger partial charge in [0.2, 0.25) is 0 Å². The Hall–Kier alpha value is -2.65. The van der Waals surface area contributed by atoms with Gasteiger partial charge in [0.1, 0.15) is 17.8 Å². The number of benzene rings is 1. The molecule has 0 aliphatic carbocycles. The van der Waals surface area contributed by atoms with Crippen LogP contribution in [0.15, 0.2) is 30.3 Å². The standard InChI is InChI=1S/C30H49NO8/c1-9-10-16-24(18-32)27(38-25(33)17-20(2)3)22(5)37-28(34)26(31-29(35)39-30(6,7)8)21(4)36-19-23-14-12-11-13-15-23/h11-15,20-22,24,26-27,32H,9-10,16-19H2,1-8H3,(H,31,35)/t21-,22+,24+,26+,27+/m1/s1. The highest BCUT2D eigenvalue weighted by molar-refractivity contribution is 5.82. The Kier molecular flexibility index (Phi) is 15.1. The van der Waals surface area contributed by atoms with Gasteiger partial charge in [-0.1, -0.05) is 63.9 Å². The summed E-state index contributed by atoms with van der Waals surface area (Å²) in [4.78, 5) is 38.6. The van der Waals surface area contributed by atoms with Gasteiger partial charge >= 0.3 is 18.0 Å². The molecule has 0 bridgehead atoms. The number of alkyl carbamates (subject to hydrolysis) is 1. The number of hydrogen-bond acceptors (Lipinski definition) is 8. The van der Waals surface area contributed by atoms with Crippen LogP contribution < -0.4 is 5.32 Å². The SMILES string of the molecule is CCCC[C@@H](CO)[C@@H](OC(=O)CC(C)C)[C@H](C)OC(=O)[C@@H](NC(=O)OC(C)(C)C)[C@@H](C)OCc1ccccc1. The maximum absolute atomic E-state index is 13.4. The molecule has 1 amide bonds. The molecule has 5 atom stereocenters. The summed E-state index contributed by atoms with van der Waals surface area (Å²) in [5.41, 5.74) is 0.129. The van der Waals surface area contributed by atoms with Gasteiger partial charge in [0.25, 0.3) is 0 Å². The zero-order valence-electron chi connectivity index (χ0n) is 24.9. The number of ether oxygens (including phenoxy) is 4. The van der Waals surface area contributed by atoms with Gasteiger partial charge in [0.15, 0.2) is 6.04 Å². The summed E-state index contributed by atoms with van der Waals surface area (Å²) in [7, 11) is 0. The average molecular weight is 552 g/mol. The molecular weight excluding hydrogens is 502 g/mol. The van der Waals surface area contributed by atoms with E-state index in [1.807, 2.05) is 51.1 Å². The third-order valence-corrected chi connectivity index (χ3v) is 5.99. The van der Waals surface area contributed by atoms with Crippen molar-refractivity contribution in [2.75, 3.05) is 6.61 Å². The van der Waals surface area contributed by atoms with Gasteiger partial charge in [-0.2, -0.15) is 0 Å². The zero-order chi connectivity index (χ0) is 29.6. The van der Waals surface area contributed by atoms with E-state index in [0.29, 0.717) is 6.42 Å². The molecule has 222 valence electrons. The van der Waals surface area contributed by atoms with Crippen molar-refractivity contribution in [1.29, 1.82) is 0 Å². The molecule has 9 nitrogen and oxygen atoms in total. The Balaban J connectivity index is 3.11. The Labute approximate surface area is 233 Å². The van der Waals surface area contributed by atoms with E-state index in [1.165, 1.54) is 0 Å². The van der Waals surface area contributed by atoms with E-state index in [0.717, 1.165) is 18.4 Å². The highest BCUT2D eigenvalue weighted by atomic mass is 16.6. The monoisotopic (exact) mass is 551 g/mol. The second kappa shape index (κ2) is 17.1. The van der Waals surface area contributed by atoms with Crippen LogP contribution in [0, 0.1) is 11.8 Å². The lowest BCUT2D eigenvalue weighted by molar-refractivity contribution is -0.176. The maximum Gasteiger partial charge on any atom is 0.408 e. The van der Waals surface area contributed by atoms with Gasteiger partial charge in [-0.15, -0.1) is 0 Å². The summed E-state index contributed by atoms with van der Waals surface area (Å²) in [5, 5.41) is 12.7. The van der Waals surface area contributed by atoms with E-state index in [1.54, 1.807) is 34.6 Å². The van der Waals surface area contributed by atoms with Crippen LogP contribution in [0.3, 0.4) is 0 Å². The molecule has 1 rings (SSSR count). The van der Waals surface area contributed by atoms with Crippen LogP contribution >= 0.6 is 0 Å². The molecule has 0 unspecified atom stereocenters. The fourth-order valence-electron chi connectivity index (χ4n) is 3.96. The Morgan fingerprint density at radius 3 is 2.15 bits per heavy atom. The summed E-state index contributed by atoms with van der Waals surface area (Å²) >= 11 is 0. The zero-order valence-corrected chi connectivity index (χ0v) is 24.9. The van der Waals surface area contributed by atoms with E-state index in [4.69, 9.17) is 18.9 Å². The van der Waals surface area contributed by atoms with Crippen LogP contribution in [0.2, 0.25) is 0 Å². The number of nitrogens with one attached hydrogen (secondary N) is 1. The summed E-state index contributed by atoms with van der Waals surface area (Å²) in [6.45, 7) is 14.3. The number of amides is 1. The number of unbranched alkanes of at least 4 members (excludes halogenated alkanes) is 1. The molecular formula is C30H49NO8. The van der Waals surface area contributed by atoms with Crippen molar-refractivity contribution in [2.24, 2.45) is 11.8 Å². The van der Waals surface area contributed by atoms with Crippen molar-refractivity contribution in [3.05, 3.63) is 35.9 Å². The van der Waals surface area contributed by atoms with Gasteiger partial charge in [-0.05, 0) is 52.5 Å². The molecule has 0 fully saturated rings. The minimum atomic E-state index is -1.19. The van der Waals surface area contributed by atoms with Crippen molar-refractivity contribution in [1.82, 2.24) is 5.32 Å². The molecule has 0 aromatic heterocycles. The topological polar surface area (TPSA) is 120 Å². The first-order valence-corrected chi connectivity index (χ1v) is 13.9. The van der Waals surface area contributed by atoms with Crippen LogP contribution in [-0.2, 0) is 35.1 Å². The van der Waals surface area contributed by atoms with E-state index in [-0.39, 0.29) is 25.6 Å². The molecule has 9 heteroatoms. The van der Waals surface area contributed by atoms with Crippen molar-refractivity contribution in [2.45, 2.75) is 118 Å². The first-order chi connectivity index (χ1) is 18.3. The lowest BCUT2D eigenvalue weighted by atomic mass is 9.93. The molecule has 0 saturated heterocycles. The molecule has 39 heavy (non-hydrogen) atoms. The van der Waals surface area contributed by atoms with Crippen LogP contribution in [0.1, 0.15) is 86.6 Å². The van der Waals surface area contributed by atoms with Crippen molar-refractivity contribution in [3.63, 3.8) is 0 Å². The van der Waals surface area contributed by atoms with Crippen molar-refractivity contribution in [3.8, 4) is 0 Å². The number of carbonyl (C=O) groups excluding carboxylic acids is 3. The van der Waals surface area contributed by atoms with Crippen molar-refractivity contribution >= 4 is 18.0 Å². The molecule has 0 aliphatic rings. The lowest BCUT2D eigenvalue weighted by Gasteiger charge is -2.32. The molecule has 0 saturated carbocycles. The van der Waals surface area contributed by atoms with Crippen LogP contribution in [-0.4, -0.2) is 59.7 Å². The lowest BCUT2D eigenvalue weighted by Crippen LogP contribution is -2.52. The van der Waals surface area contributed by atoms with Gasteiger partial charge in [-0.3, -0.25) is 4.79 Å². The van der Waals surface area contributed by atoms with E-state index < -0.39 is 53.9 Å². The summed E-state index contributed by atoms with van der Waals surface area (Å²) in [6, 6.07) is 8.25. The van der Waals surface area contributed by atoms with Crippen LogP contribution in [0.5, 0.6) is 0 Å². The third kappa shape index (κ3) is 13.8. The summed E-state index contributed by atoms with van der Waals surface area (Å²) in [5.74, 6) is -1.50. The third-order valence-electron chi connectivity index (χ3n) is 5.99. The molecule has 0 radical (unpaired) electrons. The fraction of sp³-hybridized carbons (Fsp3) is 0.700. The molecule has 2 N–H and O–H groups in total.